The van der Waals surface area contributed by atoms with E-state index in [9.17, 15) is 9.59 Å². The highest BCUT2D eigenvalue weighted by Gasteiger charge is 2.08. The van der Waals surface area contributed by atoms with Gasteiger partial charge in [0.15, 0.2) is 5.69 Å². The van der Waals surface area contributed by atoms with E-state index in [1.165, 1.54) is 0 Å². The molecule has 0 amide bonds. The predicted octanol–water partition coefficient (Wildman–Crippen LogP) is 4.57. The number of rotatable bonds is 7. The summed E-state index contributed by atoms with van der Waals surface area (Å²) in [5.74, 6) is -0.873. The van der Waals surface area contributed by atoms with Gasteiger partial charge in [-0.05, 0) is 30.2 Å². The molecule has 2 aromatic rings. The van der Waals surface area contributed by atoms with Gasteiger partial charge in [0.1, 0.15) is 0 Å². The van der Waals surface area contributed by atoms with Crippen LogP contribution in [0.2, 0.25) is 0 Å². The van der Waals surface area contributed by atoms with Gasteiger partial charge in [0.25, 0.3) is 0 Å². The molecule has 0 bridgehead atoms. The van der Waals surface area contributed by atoms with Crippen LogP contribution in [-0.2, 0) is 14.3 Å². The summed E-state index contributed by atoms with van der Waals surface area (Å²) in [7, 11) is 0. The average molecular weight is 349 g/mol. The third-order valence-corrected chi connectivity index (χ3v) is 3.55. The Balaban J connectivity index is 1.83. The first-order valence-corrected chi connectivity index (χ1v) is 8.09. The SMILES string of the molecule is [C-]#[N+]c1ccc(-c2ccc(C(=O)OCCCOC(=O)C(=C)C)cc2)cc1. The van der Waals surface area contributed by atoms with Crippen LogP contribution in [0.15, 0.2) is 60.7 Å². The Hall–Kier alpha value is -3.39. The average Bonchev–Trinajstić information content (AvgIpc) is 2.67. The van der Waals surface area contributed by atoms with Crippen LogP contribution in [0.5, 0.6) is 0 Å². The molecule has 26 heavy (non-hydrogen) atoms. The van der Waals surface area contributed by atoms with Crippen molar-refractivity contribution in [1.82, 2.24) is 0 Å². The van der Waals surface area contributed by atoms with Gasteiger partial charge in [-0.1, -0.05) is 43.0 Å². The summed E-state index contributed by atoms with van der Waals surface area (Å²) in [4.78, 5) is 26.6. The van der Waals surface area contributed by atoms with Crippen molar-refractivity contribution >= 4 is 17.6 Å². The third kappa shape index (κ3) is 5.32. The van der Waals surface area contributed by atoms with Crippen molar-refractivity contribution in [3.8, 4) is 11.1 Å². The molecule has 0 radical (unpaired) electrons. The van der Waals surface area contributed by atoms with E-state index in [4.69, 9.17) is 16.0 Å². The van der Waals surface area contributed by atoms with Crippen molar-refractivity contribution in [2.75, 3.05) is 13.2 Å². The number of hydrogen-bond donors (Lipinski definition) is 0. The van der Waals surface area contributed by atoms with Crippen molar-refractivity contribution in [3.63, 3.8) is 0 Å². The minimum absolute atomic E-state index is 0.169. The van der Waals surface area contributed by atoms with E-state index < -0.39 is 11.9 Å². The van der Waals surface area contributed by atoms with Crippen molar-refractivity contribution in [2.24, 2.45) is 0 Å². The molecule has 0 spiro atoms. The maximum absolute atomic E-state index is 12.0. The van der Waals surface area contributed by atoms with Gasteiger partial charge in [0.2, 0.25) is 0 Å². The Labute approximate surface area is 152 Å². The predicted molar refractivity (Wildman–Crippen MR) is 98.8 cm³/mol. The van der Waals surface area contributed by atoms with E-state index in [-0.39, 0.29) is 13.2 Å². The molecule has 5 nitrogen and oxygen atoms in total. The fourth-order valence-electron chi connectivity index (χ4n) is 2.12. The van der Waals surface area contributed by atoms with Gasteiger partial charge in [-0.2, -0.15) is 0 Å². The molecule has 2 rings (SSSR count). The Morgan fingerprint density at radius 2 is 1.50 bits per heavy atom. The summed E-state index contributed by atoms with van der Waals surface area (Å²) in [6.45, 7) is 12.4. The number of ether oxygens (including phenoxy) is 2. The molecule has 0 aliphatic rings. The quantitative estimate of drug-likeness (QED) is 0.318. The van der Waals surface area contributed by atoms with E-state index in [2.05, 4.69) is 11.4 Å². The van der Waals surface area contributed by atoms with Crippen LogP contribution in [0, 0.1) is 6.57 Å². The first kappa shape index (κ1) is 18.9. The lowest BCUT2D eigenvalue weighted by Crippen LogP contribution is -2.11. The fraction of sp³-hybridized carbons (Fsp3) is 0.190. The van der Waals surface area contributed by atoms with Crippen molar-refractivity contribution < 1.29 is 19.1 Å². The molecule has 2 aromatic carbocycles. The van der Waals surface area contributed by atoms with Crippen LogP contribution in [-0.4, -0.2) is 25.2 Å². The molecule has 0 aliphatic carbocycles. The molecule has 5 heteroatoms. The highest BCUT2D eigenvalue weighted by molar-refractivity contribution is 5.90. The zero-order chi connectivity index (χ0) is 18.9. The minimum atomic E-state index is -0.448. The van der Waals surface area contributed by atoms with E-state index in [1.54, 1.807) is 31.2 Å². The molecular formula is C21H19NO4. The lowest BCUT2D eigenvalue weighted by atomic mass is 10.0. The molecule has 0 saturated heterocycles. The monoisotopic (exact) mass is 349 g/mol. The largest absolute Gasteiger partial charge is 0.462 e. The van der Waals surface area contributed by atoms with E-state index in [1.807, 2.05) is 24.3 Å². The van der Waals surface area contributed by atoms with Crippen LogP contribution in [0.3, 0.4) is 0 Å². The lowest BCUT2D eigenvalue weighted by molar-refractivity contribution is -0.139. The number of benzene rings is 2. The Morgan fingerprint density at radius 3 is 2.04 bits per heavy atom. The molecule has 0 N–H and O–H groups in total. The molecule has 0 saturated carbocycles. The summed E-state index contributed by atoms with van der Waals surface area (Å²) >= 11 is 0. The Bertz CT molecular complexity index is 830. The zero-order valence-electron chi connectivity index (χ0n) is 14.5. The van der Waals surface area contributed by atoms with Crippen molar-refractivity contribution in [3.05, 3.63) is 77.7 Å². The summed E-state index contributed by atoms with van der Waals surface area (Å²) in [5, 5.41) is 0. The number of carbonyl (C=O) groups excluding carboxylic acids is 2. The highest BCUT2D eigenvalue weighted by Crippen LogP contribution is 2.23. The summed E-state index contributed by atoms with van der Waals surface area (Å²) in [5.41, 5.74) is 3.29. The van der Waals surface area contributed by atoms with Gasteiger partial charge >= 0.3 is 11.9 Å². The molecule has 132 valence electrons. The summed E-state index contributed by atoms with van der Waals surface area (Å²) < 4.78 is 10.1. The van der Waals surface area contributed by atoms with Crippen LogP contribution in [0.1, 0.15) is 23.7 Å². The third-order valence-electron chi connectivity index (χ3n) is 3.55. The zero-order valence-corrected chi connectivity index (χ0v) is 14.5. The van der Waals surface area contributed by atoms with Crippen LogP contribution < -0.4 is 0 Å². The highest BCUT2D eigenvalue weighted by atomic mass is 16.5. The first-order chi connectivity index (χ1) is 12.5. The topological polar surface area (TPSA) is 57.0 Å². The molecule has 0 aromatic heterocycles. The number of carbonyl (C=O) groups is 2. The van der Waals surface area contributed by atoms with Gasteiger partial charge in [0, 0.05) is 12.0 Å². The first-order valence-electron chi connectivity index (χ1n) is 8.09. The Kier molecular flexibility index (Phi) is 6.69. The second-order valence-corrected chi connectivity index (χ2v) is 5.64. The normalized spacial score (nSPS) is 9.85. The Morgan fingerprint density at radius 1 is 0.962 bits per heavy atom. The van der Waals surface area contributed by atoms with E-state index in [0.717, 1.165) is 11.1 Å². The molecule has 0 unspecified atom stereocenters. The van der Waals surface area contributed by atoms with Gasteiger partial charge in [-0.3, -0.25) is 0 Å². The van der Waals surface area contributed by atoms with Gasteiger partial charge in [0.05, 0.1) is 25.3 Å². The second-order valence-electron chi connectivity index (χ2n) is 5.64. The van der Waals surface area contributed by atoms with E-state index >= 15 is 0 Å². The maximum Gasteiger partial charge on any atom is 0.338 e. The number of nitrogens with zero attached hydrogens (tertiary/aromatic N) is 1. The standard InChI is InChI=1S/C21H19NO4/c1-15(2)20(23)25-13-4-14-26-21(24)18-7-5-16(6-8-18)17-9-11-19(22-3)12-10-17/h5-12H,1,4,13-14H2,2H3. The van der Waals surface area contributed by atoms with Crippen LogP contribution in [0.4, 0.5) is 5.69 Å². The molecule has 0 heterocycles. The van der Waals surface area contributed by atoms with Gasteiger partial charge < -0.3 is 9.47 Å². The summed E-state index contributed by atoms with van der Waals surface area (Å²) in [6.07, 6.45) is 0.427. The molecule has 0 aliphatic heterocycles. The maximum atomic E-state index is 12.0. The lowest BCUT2D eigenvalue weighted by Gasteiger charge is -2.07. The summed E-state index contributed by atoms with van der Waals surface area (Å²) in [6, 6.07) is 14.3. The fourth-order valence-corrected chi connectivity index (χ4v) is 2.12. The van der Waals surface area contributed by atoms with E-state index in [0.29, 0.717) is 23.2 Å². The van der Waals surface area contributed by atoms with Crippen LogP contribution in [0.25, 0.3) is 16.0 Å². The van der Waals surface area contributed by atoms with Gasteiger partial charge in [-0.25, -0.2) is 14.4 Å². The number of hydrogen-bond acceptors (Lipinski definition) is 4. The van der Waals surface area contributed by atoms with Crippen molar-refractivity contribution in [1.29, 1.82) is 0 Å². The van der Waals surface area contributed by atoms with Gasteiger partial charge in [-0.15, -0.1) is 0 Å². The smallest absolute Gasteiger partial charge is 0.338 e. The van der Waals surface area contributed by atoms with Crippen molar-refractivity contribution in [2.45, 2.75) is 13.3 Å². The minimum Gasteiger partial charge on any atom is -0.462 e. The molecular weight excluding hydrogens is 330 g/mol. The second kappa shape index (κ2) is 9.19. The number of esters is 2. The molecule has 0 fully saturated rings. The molecule has 0 atom stereocenters. The van der Waals surface area contributed by atoms with Crippen LogP contribution >= 0.6 is 0 Å².